The Balaban J connectivity index is 2.80. The number of nitrogens with zero attached hydrogens (tertiary/aromatic N) is 2. The lowest BCUT2D eigenvalue weighted by Gasteiger charge is -2.24. The van der Waals surface area contributed by atoms with E-state index in [-0.39, 0.29) is 17.9 Å². The molecule has 0 fully saturated rings. The van der Waals surface area contributed by atoms with Crippen LogP contribution in [0.3, 0.4) is 0 Å². The molecule has 0 aliphatic rings. The van der Waals surface area contributed by atoms with Gasteiger partial charge in [0.15, 0.2) is 0 Å². The van der Waals surface area contributed by atoms with E-state index in [4.69, 9.17) is 0 Å². The molecule has 0 saturated carbocycles. The van der Waals surface area contributed by atoms with Crippen LogP contribution in [-0.4, -0.2) is 59.2 Å². The minimum Gasteiger partial charge on any atom is -0.354 e. The highest BCUT2D eigenvalue weighted by Gasteiger charge is 2.21. The van der Waals surface area contributed by atoms with E-state index in [1.165, 1.54) is 0 Å². The molecule has 1 amide bonds. The van der Waals surface area contributed by atoms with Crippen LogP contribution in [0.2, 0.25) is 0 Å². The maximum atomic E-state index is 12.1. The van der Waals surface area contributed by atoms with Gasteiger partial charge in [0.25, 0.3) is 0 Å². The number of benzene rings is 1. The van der Waals surface area contributed by atoms with Gasteiger partial charge in [-0.05, 0) is 50.2 Å². The fraction of sp³-hybridized carbons (Fsp3) is 0.611. The highest BCUT2D eigenvalue weighted by atomic mass is 32.2. The van der Waals surface area contributed by atoms with Crippen LogP contribution in [0.1, 0.15) is 32.8 Å². The first-order chi connectivity index (χ1) is 11.4. The van der Waals surface area contributed by atoms with E-state index < -0.39 is 10.0 Å². The SMILES string of the molecule is CN(C)CCCNC(=O)CN(c1ccc(C(C)(C)C)cc1)S(C)(=O)=O. The molecule has 142 valence electrons. The Morgan fingerprint density at radius 3 is 2.12 bits per heavy atom. The van der Waals surface area contributed by atoms with E-state index >= 15 is 0 Å². The Morgan fingerprint density at radius 1 is 1.12 bits per heavy atom. The van der Waals surface area contributed by atoms with Crippen molar-refractivity contribution >= 4 is 21.6 Å². The average Bonchev–Trinajstić information content (AvgIpc) is 2.47. The predicted octanol–water partition coefficient (Wildman–Crippen LogP) is 1.82. The number of sulfonamides is 1. The van der Waals surface area contributed by atoms with Crippen molar-refractivity contribution in [3.63, 3.8) is 0 Å². The third-order valence-electron chi connectivity index (χ3n) is 3.81. The molecule has 1 aromatic carbocycles. The van der Waals surface area contributed by atoms with Crippen molar-refractivity contribution in [1.82, 2.24) is 10.2 Å². The number of carbonyl (C=O) groups excluding carboxylic acids is 1. The molecular formula is C18H31N3O3S. The molecule has 0 spiro atoms. The van der Waals surface area contributed by atoms with Crippen LogP contribution in [0.4, 0.5) is 5.69 Å². The van der Waals surface area contributed by atoms with E-state index in [0.29, 0.717) is 12.2 Å². The van der Waals surface area contributed by atoms with Crippen LogP contribution >= 0.6 is 0 Å². The van der Waals surface area contributed by atoms with Crippen molar-refractivity contribution in [2.24, 2.45) is 0 Å². The molecule has 0 aliphatic heterocycles. The second-order valence-electron chi connectivity index (χ2n) is 7.57. The van der Waals surface area contributed by atoms with Gasteiger partial charge in [0.1, 0.15) is 6.54 Å². The van der Waals surface area contributed by atoms with Gasteiger partial charge in [0.05, 0.1) is 11.9 Å². The average molecular weight is 370 g/mol. The van der Waals surface area contributed by atoms with Gasteiger partial charge in [0.2, 0.25) is 15.9 Å². The molecule has 0 aromatic heterocycles. The van der Waals surface area contributed by atoms with Gasteiger partial charge < -0.3 is 10.2 Å². The maximum Gasteiger partial charge on any atom is 0.240 e. The second kappa shape index (κ2) is 8.67. The normalized spacial score (nSPS) is 12.3. The summed E-state index contributed by atoms with van der Waals surface area (Å²) in [5.41, 5.74) is 1.59. The summed E-state index contributed by atoms with van der Waals surface area (Å²) in [5.74, 6) is -0.302. The van der Waals surface area contributed by atoms with Crippen LogP contribution in [0.5, 0.6) is 0 Å². The van der Waals surface area contributed by atoms with Crippen molar-refractivity contribution in [3.05, 3.63) is 29.8 Å². The number of hydrogen-bond acceptors (Lipinski definition) is 4. The summed E-state index contributed by atoms with van der Waals surface area (Å²) in [6, 6.07) is 7.31. The first-order valence-corrected chi connectivity index (χ1v) is 10.3. The number of carbonyl (C=O) groups is 1. The number of amides is 1. The van der Waals surface area contributed by atoms with Crippen LogP contribution < -0.4 is 9.62 Å². The minimum atomic E-state index is -3.54. The molecule has 7 heteroatoms. The lowest BCUT2D eigenvalue weighted by Crippen LogP contribution is -2.41. The Labute approximate surface area is 152 Å². The van der Waals surface area contributed by atoms with Crippen molar-refractivity contribution in [3.8, 4) is 0 Å². The van der Waals surface area contributed by atoms with Gasteiger partial charge in [-0.15, -0.1) is 0 Å². The summed E-state index contributed by atoms with van der Waals surface area (Å²) < 4.78 is 25.4. The van der Waals surface area contributed by atoms with Crippen LogP contribution in [0.25, 0.3) is 0 Å². The molecule has 0 aliphatic carbocycles. The van der Waals surface area contributed by atoms with Crippen LogP contribution in [0, 0.1) is 0 Å². The standard InChI is InChI=1S/C18H31N3O3S/c1-18(2,3)15-8-10-16(11-9-15)21(25(6,23)24)14-17(22)19-12-7-13-20(4)5/h8-11H,7,12-14H2,1-6H3,(H,19,22). The first kappa shape index (κ1) is 21.4. The molecule has 0 atom stereocenters. The van der Waals surface area contributed by atoms with Crippen molar-refractivity contribution < 1.29 is 13.2 Å². The minimum absolute atomic E-state index is 0.0156. The summed E-state index contributed by atoms with van der Waals surface area (Å²) in [4.78, 5) is 14.1. The van der Waals surface area contributed by atoms with Gasteiger partial charge in [-0.1, -0.05) is 32.9 Å². The van der Waals surface area contributed by atoms with Gasteiger partial charge >= 0.3 is 0 Å². The summed E-state index contributed by atoms with van der Waals surface area (Å²) in [5, 5.41) is 2.77. The van der Waals surface area contributed by atoms with E-state index in [9.17, 15) is 13.2 Å². The molecule has 0 unspecified atom stereocenters. The van der Waals surface area contributed by atoms with Crippen LogP contribution in [0.15, 0.2) is 24.3 Å². The molecule has 0 bridgehead atoms. The Hall–Kier alpha value is -1.60. The van der Waals surface area contributed by atoms with E-state index in [2.05, 4.69) is 26.1 Å². The first-order valence-electron chi connectivity index (χ1n) is 8.41. The summed E-state index contributed by atoms with van der Waals surface area (Å²) >= 11 is 0. The number of nitrogens with one attached hydrogen (secondary N) is 1. The lowest BCUT2D eigenvalue weighted by atomic mass is 9.87. The molecule has 0 radical (unpaired) electrons. The summed E-state index contributed by atoms with van der Waals surface area (Å²) in [7, 11) is 0.392. The van der Waals surface area contributed by atoms with Crippen molar-refractivity contribution in [2.45, 2.75) is 32.6 Å². The Bertz CT molecular complexity index is 662. The molecular weight excluding hydrogens is 338 g/mol. The van der Waals surface area contributed by atoms with Crippen molar-refractivity contribution in [1.29, 1.82) is 0 Å². The van der Waals surface area contributed by atoms with Crippen LogP contribution in [-0.2, 0) is 20.2 Å². The lowest BCUT2D eigenvalue weighted by molar-refractivity contribution is -0.119. The van der Waals surface area contributed by atoms with Gasteiger partial charge in [-0.25, -0.2) is 8.42 Å². The largest absolute Gasteiger partial charge is 0.354 e. The molecule has 1 aromatic rings. The Kier molecular flexibility index (Phi) is 7.44. The third kappa shape index (κ3) is 7.44. The zero-order valence-corrected chi connectivity index (χ0v) is 17.0. The number of rotatable bonds is 8. The highest BCUT2D eigenvalue weighted by Crippen LogP contribution is 2.25. The predicted molar refractivity (Wildman–Crippen MR) is 104 cm³/mol. The quantitative estimate of drug-likeness (QED) is 0.710. The van der Waals surface area contributed by atoms with Crippen molar-refractivity contribution in [2.75, 3.05) is 44.3 Å². The molecule has 25 heavy (non-hydrogen) atoms. The number of hydrogen-bond donors (Lipinski definition) is 1. The van der Waals surface area contributed by atoms with E-state index in [0.717, 1.165) is 29.1 Å². The maximum absolute atomic E-state index is 12.1. The summed E-state index contributed by atoms with van der Waals surface area (Å²) in [6.45, 7) is 7.46. The highest BCUT2D eigenvalue weighted by molar-refractivity contribution is 7.92. The third-order valence-corrected chi connectivity index (χ3v) is 4.95. The fourth-order valence-electron chi connectivity index (χ4n) is 2.34. The zero-order chi connectivity index (χ0) is 19.3. The van der Waals surface area contributed by atoms with Gasteiger partial charge in [-0.3, -0.25) is 9.10 Å². The monoisotopic (exact) mass is 369 g/mol. The topological polar surface area (TPSA) is 69.7 Å². The van der Waals surface area contributed by atoms with Gasteiger partial charge in [0, 0.05) is 6.54 Å². The fourth-order valence-corrected chi connectivity index (χ4v) is 3.19. The molecule has 6 nitrogen and oxygen atoms in total. The smallest absolute Gasteiger partial charge is 0.240 e. The Morgan fingerprint density at radius 2 is 1.68 bits per heavy atom. The second-order valence-corrected chi connectivity index (χ2v) is 9.48. The molecule has 0 heterocycles. The molecule has 1 N–H and O–H groups in total. The molecule has 1 rings (SSSR count). The molecule has 0 saturated heterocycles. The van der Waals surface area contributed by atoms with Gasteiger partial charge in [-0.2, -0.15) is 0 Å². The zero-order valence-electron chi connectivity index (χ0n) is 16.2. The summed E-state index contributed by atoms with van der Waals surface area (Å²) in [6.07, 6.45) is 1.93. The van der Waals surface area contributed by atoms with E-state index in [1.54, 1.807) is 12.1 Å². The number of anilines is 1. The van der Waals surface area contributed by atoms with E-state index in [1.807, 2.05) is 31.1 Å².